The Kier molecular flexibility index (Phi) is 4.24. The van der Waals surface area contributed by atoms with Gasteiger partial charge in [-0.3, -0.25) is 4.90 Å². The highest BCUT2D eigenvalue weighted by Crippen LogP contribution is 2.24. The number of aryl methyl sites for hydroxylation is 2. The standard InChI is InChI=1S/C13H24N4O/c1-10-12(13(18-4)16(3)15-10)9-17-7-5-11(14-2)6-8-17/h11,14H,5-9H2,1-4H3. The molecule has 18 heavy (non-hydrogen) atoms. The lowest BCUT2D eigenvalue weighted by molar-refractivity contribution is 0.192. The summed E-state index contributed by atoms with van der Waals surface area (Å²) in [6.07, 6.45) is 2.44. The van der Waals surface area contributed by atoms with Crippen molar-refractivity contribution < 1.29 is 4.74 Å². The number of aromatic nitrogens is 2. The summed E-state index contributed by atoms with van der Waals surface area (Å²) < 4.78 is 7.27. The lowest BCUT2D eigenvalue weighted by Gasteiger charge is -2.31. The lowest BCUT2D eigenvalue weighted by atomic mass is 10.0. The van der Waals surface area contributed by atoms with Crippen molar-refractivity contribution in [2.75, 3.05) is 27.2 Å². The number of ether oxygens (including phenoxy) is 1. The predicted molar refractivity (Wildman–Crippen MR) is 71.9 cm³/mol. The van der Waals surface area contributed by atoms with Crippen LogP contribution in [-0.4, -0.2) is 48.0 Å². The van der Waals surface area contributed by atoms with E-state index >= 15 is 0 Å². The van der Waals surface area contributed by atoms with Gasteiger partial charge in [0.05, 0.1) is 18.4 Å². The van der Waals surface area contributed by atoms with E-state index in [1.54, 1.807) is 7.11 Å². The van der Waals surface area contributed by atoms with Crippen LogP contribution >= 0.6 is 0 Å². The first-order valence-electron chi connectivity index (χ1n) is 6.61. The summed E-state index contributed by atoms with van der Waals surface area (Å²) in [5.74, 6) is 0.892. The Morgan fingerprint density at radius 2 is 2.06 bits per heavy atom. The topological polar surface area (TPSA) is 42.3 Å². The first-order valence-corrected chi connectivity index (χ1v) is 6.61. The van der Waals surface area contributed by atoms with Gasteiger partial charge in [0.25, 0.3) is 0 Å². The maximum atomic E-state index is 5.44. The first-order chi connectivity index (χ1) is 8.65. The molecule has 0 radical (unpaired) electrons. The monoisotopic (exact) mass is 252 g/mol. The van der Waals surface area contributed by atoms with Crippen LogP contribution in [0.1, 0.15) is 24.1 Å². The molecule has 1 N–H and O–H groups in total. The number of likely N-dealkylation sites (tertiary alicyclic amines) is 1. The van der Waals surface area contributed by atoms with Gasteiger partial charge in [-0.1, -0.05) is 0 Å². The fourth-order valence-corrected chi connectivity index (χ4v) is 2.72. The normalized spacial score (nSPS) is 18.2. The van der Waals surface area contributed by atoms with E-state index in [0.717, 1.165) is 31.2 Å². The molecule has 1 aliphatic rings. The second-order valence-corrected chi connectivity index (χ2v) is 5.04. The Balaban J connectivity index is 2.02. The fourth-order valence-electron chi connectivity index (χ4n) is 2.72. The molecule has 1 aliphatic heterocycles. The van der Waals surface area contributed by atoms with Crippen LogP contribution in [0.15, 0.2) is 0 Å². The van der Waals surface area contributed by atoms with Crippen LogP contribution in [0.3, 0.4) is 0 Å². The second-order valence-electron chi connectivity index (χ2n) is 5.04. The van der Waals surface area contributed by atoms with Gasteiger partial charge in [-0.05, 0) is 39.9 Å². The van der Waals surface area contributed by atoms with E-state index < -0.39 is 0 Å². The molecule has 0 saturated carbocycles. The van der Waals surface area contributed by atoms with Gasteiger partial charge in [-0.15, -0.1) is 0 Å². The van der Waals surface area contributed by atoms with E-state index in [2.05, 4.69) is 29.3 Å². The fraction of sp³-hybridized carbons (Fsp3) is 0.769. The van der Waals surface area contributed by atoms with Gasteiger partial charge < -0.3 is 10.1 Å². The second kappa shape index (κ2) is 5.71. The number of methoxy groups -OCH3 is 1. The highest BCUT2D eigenvalue weighted by molar-refractivity contribution is 5.30. The third kappa shape index (κ3) is 2.67. The summed E-state index contributed by atoms with van der Waals surface area (Å²) in [4.78, 5) is 2.49. The van der Waals surface area contributed by atoms with Crippen molar-refractivity contribution in [3.63, 3.8) is 0 Å². The number of nitrogens with one attached hydrogen (secondary N) is 1. The third-order valence-corrected chi connectivity index (χ3v) is 3.86. The minimum atomic E-state index is 0.679. The average Bonchev–Trinajstić information content (AvgIpc) is 2.64. The molecule has 102 valence electrons. The van der Waals surface area contributed by atoms with Crippen molar-refractivity contribution in [3.8, 4) is 5.88 Å². The summed E-state index contributed by atoms with van der Waals surface area (Å²) in [6.45, 7) is 5.28. The van der Waals surface area contributed by atoms with Gasteiger partial charge >= 0.3 is 0 Å². The zero-order chi connectivity index (χ0) is 13.1. The Labute approximate surface area is 109 Å². The van der Waals surface area contributed by atoms with Gasteiger partial charge in [-0.2, -0.15) is 5.10 Å². The SMILES string of the molecule is CNC1CCN(Cc2c(C)nn(C)c2OC)CC1. The molecule has 1 aromatic rings. The van der Waals surface area contributed by atoms with Gasteiger partial charge in [0, 0.05) is 19.6 Å². The van der Waals surface area contributed by atoms with Crippen LogP contribution in [-0.2, 0) is 13.6 Å². The number of hydrogen-bond acceptors (Lipinski definition) is 4. The minimum absolute atomic E-state index is 0.679. The molecule has 0 amide bonds. The van der Waals surface area contributed by atoms with Crippen LogP contribution in [0.2, 0.25) is 0 Å². The quantitative estimate of drug-likeness (QED) is 0.865. The highest BCUT2D eigenvalue weighted by atomic mass is 16.5. The first kappa shape index (κ1) is 13.4. The van der Waals surface area contributed by atoms with Crippen molar-refractivity contribution in [3.05, 3.63) is 11.3 Å². The minimum Gasteiger partial charge on any atom is -0.481 e. The van der Waals surface area contributed by atoms with E-state index in [9.17, 15) is 0 Å². The zero-order valence-electron chi connectivity index (χ0n) is 11.9. The molecule has 5 heteroatoms. The summed E-state index contributed by atoms with van der Waals surface area (Å²) in [7, 11) is 5.70. The number of hydrogen-bond donors (Lipinski definition) is 1. The lowest BCUT2D eigenvalue weighted by Crippen LogP contribution is -2.40. The Hall–Kier alpha value is -1.07. The maximum absolute atomic E-state index is 5.44. The maximum Gasteiger partial charge on any atom is 0.216 e. The summed E-state index contributed by atoms with van der Waals surface area (Å²) >= 11 is 0. The van der Waals surface area contributed by atoms with Gasteiger partial charge in [0.2, 0.25) is 5.88 Å². The van der Waals surface area contributed by atoms with E-state index in [0.29, 0.717) is 6.04 Å². The van der Waals surface area contributed by atoms with Crippen LogP contribution in [0, 0.1) is 6.92 Å². The smallest absolute Gasteiger partial charge is 0.216 e. The Morgan fingerprint density at radius 1 is 1.39 bits per heavy atom. The van der Waals surface area contributed by atoms with Crippen molar-refractivity contribution in [2.45, 2.75) is 32.4 Å². The van der Waals surface area contributed by atoms with Crippen LogP contribution < -0.4 is 10.1 Å². The largest absolute Gasteiger partial charge is 0.481 e. The third-order valence-electron chi connectivity index (χ3n) is 3.86. The summed E-state index contributed by atoms with van der Waals surface area (Å²) in [5.41, 5.74) is 2.30. The molecule has 2 heterocycles. The Morgan fingerprint density at radius 3 is 2.61 bits per heavy atom. The van der Waals surface area contributed by atoms with Gasteiger partial charge in [0.15, 0.2) is 0 Å². The van der Waals surface area contributed by atoms with Crippen molar-refractivity contribution in [2.24, 2.45) is 7.05 Å². The summed E-state index contributed by atoms with van der Waals surface area (Å²) in [6, 6.07) is 0.679. The Bertz CT molecular complexity index is 394. The molecular formula is C13H24N4O. The zero-order valence-corrected chi connectivity index (χ0v) is 11.9. The van der Waals surface area contributed by atoms with Crippen LogP contribution in [0.4, 0.5) is 0 Å². The molecule has 0 bridgehead atoms. The molecule has 1 aromatic heterocycles. The molecule has 0 aliphatic carbocycles. The average molecular weight is 252 g/mol. The molecule has 0 spiro atoms. The molecule has 0 unspecified atom stereocenters. The molecule has 5 nitrogen and oxygen atoms in total. The molecule has 2 rings (SSSR count). The van der Waals surface area contributed by atoms with E-state index in [1.165, 1.54) is 18.4 Å². The van der Waals surface area contributed by atoms with Crippen LogP contribution in [0.5, 0.6) is 5.88 Å². The van der Waals surface area contributed by atoms with Crippen LogP contribution in [0.25, 0.3) is 0 Å². The molecule has 0 atom stereocenters. The van der Waals surface area contributed by atoms with Crippen molar-refractivity contribution in [1.82, 2.24) is 20.0 Å². The van der Waals surface area contributed by atoms with Crippen molar-refractivity contribution in [1.29, 1.82) is 0 Å². The van der Waals surface area contributed by atoms with E-state index in [-0.39, 0.29) is 0 Å². The van der Waals surface area contributed by atoms with E-state index in [1.807, 2.05) is 11.7 Å². The van der Waals surface area contributed by atoms with Crippen molar-refractivity contribution >= 4 is 0 Å². The number of piperidine rings is 1. The number of nitrogens with zero attached hydrogens (tertiary/aromatic N) is 3. The number of rotatable bonds is 4. The molecule has 1 fully saturated rings. The molecular weight excluding hydrogens is 228 g/mol. The van der Waals surface area contributed by atoms with Gasteiger partial charge in [-0.25, -0.2) is 4.68 Å². The van der Waals surface area contributed by atoms with Gasteiger partial charge in [0.1, 0.15) is 0 Å². The molecule has 0 aromatic carbocycles. The highest BCUT2D eigenvalue weighted by Gasteiger charge is 2.21. The van der Waals surface area contributed by atoms with E-state index in [4.69, 9.17) is 4.74 Å². The molecule has 1 saturated heterocycles. The summed E-state index contributed by atoms with van der Waals surface area (Å²) in [5, 5.41) is 7.79. The predicted octanol–water partition coefficient (Wildman–Crippen LogP) is 0.921.